The summed E-state index contributed by atoms with van der Waals surface area (Å²) in [5, 5.41) is 7.40. The summed E-state index contributed by atoms with van der Waals surface area (Å²) in [6, 6.07) is 0. The molecule has 3 N–H and O–H groups in total. The molecule has 4 nitrogen and oxygen atoms in total. The van der Waals surface area contributed by atoms with Crippen LogP contribution >= 0.6 is 0 Å². The molecule has 0 spiro atoms. The molecule has 0 radical (unpaired) electrons. The first-order valence-corrected chi connectivity index (χ1v) is 6.31. The lowest BCUT2D eigenvalue weighted by molar-refractivity contribution is -0.00149. The molecule has 0 saturated carbocycles. The minimum atomic E-state index is 0.157. The molecule has 1 heterocycles. The van der Waals surface area contributed by atoms with Crippen LogP contribution in [0.25, 0.3) is 0 Å². The van der Waals surface area contributed by atoms with Crippen LogP contribution in [0.3, 0.4) is 0 Å². The van der Waals surface area contributed by atoms with Gasteiger partial charge in [0.1, 0.15) is 0 Å². The molecule has 0 aliphatic carbocycles. The second kappa shape index (κ2) is 6.86. The molecule has 16 heavy (non-hydrogen) atoms. The second-order valence-electron chi connectivity index (χ2n) is 4.75. The Morgan fingerprint density at radius 3 is 3.00 bits per heavy atom. The molecule has 4 heteroatoms. The maximum atomic E-state index is 7.40. The van der Waals surface area contributed by atoms with E-state index in [1.165, 1.54) is 12.8 Å². The van der Waals surface area contributed by atoms with Crippen LogP contribution < -0.4 is 5.73 Å². The monoisotopic (exact) mass is 227 g/mol. The third kappa shape index (κ3) is 4.49. The first kappa shape index (κ1) is 13.5. The van der Waals surface area contributed by atoms with Crippen LogP contribution in [-0.2, 0) is 4.74 Å². The predicted octanol–water partition coefficient (Wildman–Crippen LogP) is 1.45. The average Bonchev–Trinajstić information content (AvgIpc) is 2.26. The van der Waals surface area contributed by atoms with Gasteiger partial charge in [0.2, 0.25) is 0 Å². The van der Waals surface area contributed by atoms with E-state index in [9.17, 15) is 0 Å². The molecule has 1 aliphatic heterocycles. The van der Waals surface area contributed by atoms with Gasteiger partial charge in [0, 0.05) is 25.6 Å². The largest absolute Gasteiger partial charge is 0.387 e. The molecule has 1 rings (SSSR count). The van der Waals surface area contributed by atoms with Crippen molar-refractivity contribution in [1.29, 1.82) is 5.41 Å². The van der Waals surface area contributed by atoms with Crippen molar-refractivity contribution >= 4 is 5.84 Å². The lowest BCUT2D eigenvalue weighted by Crippen LogP contribution is -2.43. The van der Waals surface area contributed by atoms with E-state index in [1.54, 1.807) is 0 Å². The van der Waals surface area contributed by atoms with Crippen LogP contribution in [0.15, 0.2) is 0 Å². The van der Waals surface area contributed by atoms with Gasteiger partial charge < -0.3 is 15.4 Å². The van der Waals surface area contributed by atoms with Gasteiger partial charge in [-0.1, -0.05) is 13.8 Å². The van der Waals surface area contributed by atoms with Gasteiger partial charge in [-0.2, -0.15) is 0 Å². The first-order chi connectivity index (χ1) is 7.63. The molecular weight excluding hydrogens is 202 g/mol. The van der Waals surface area contributed by atoms with Crippen molar-refractivity contribution in [3.05, 3.63) is 0 Å². The van der Waals surface area contributed by atoms with Crippen molar-refractivity contribution < 1.29 is 4.74 Å². The number of rotatable bonds is 6. The topological polar surface area (TPSA) is 62.3 Å². The maximum absolute atomic E-state index is 7.40. The van der Waals surface area contributed by atoms with Crippen LogP contribution in [0, 0.1) is 11.3 Å². The molecule has 0 aromatic rings. The van der Waals surface area contributed by atoms with Gasteiger partial charge in [0.25, 0.3) is 0 Å². The summed E-state index contributed by atoms with van der Waals surface area (Å²) in [7, 11) is 0. The first-order valence-electron chi connectivity index (χ1n) is 6.31. The summed E-state index contributed by atoms with van der Waals surface area (Å²) in [4.78, 5) is 2.37. The van der Waals surface area contributed by atoms with Crippen LogP contribution in [0.2, 0.25) is 0 Å². The highest BCUT2D eigenvalue weighted by molar-refractivity contribution is 5.79. The fourth-order valence-electron chi connectivity index (χ4n) is 2.09. The second-order valence-corrected chi connectivity index (χ2v) is 4.75. The maximum Gasteiger partial charge on any atom is 0.0947 e. The molecule has 0 aromatic heterocycles. The highest BCUT2D eigenvalue weighted by Crippen LogP contribution is 2.14. The van der Waals surface area contributed by atoms with Crippen LogP contribution in [0.4, 0.5) is 0 Å². The fraction of sp³-hybridized carbons (Fsp3) is 0.917. The number of nitrogens with one attached hydrogen (secondary N) is 1. The standard InChI is InChI=1S/C12H25N3O/c1-3-7-16-11-5-4-6-15(9-11)8-10(2)12(13)14/h10-11H,3-9H2,1-2H3,(H3,13,14). The molecule has 0 bridgehead atoms. The minimum Gasteiger partial charge on any atom is -0.387 e. The van der Waals surface area contributed by atoms with Crippen molar-refractivity contribution in [3.8, 4) is 0 Å². The summed E-state index contributed by atoms with van der Waals surface area (Å²) in [6.07, 6.45) is 3.83. The highest BCUT2D eigenvalue weighted by atomic mass is 16.5. The zero-order valence-electron chi connectivity index (χ0n) is 10.5. The number of likely N-dealkylation sites (tertiary alicyclic amines) is 1. The van der Waals surface area contributed by atoms with Crippen molar-refractivity contribution in [2.24, 2.45) is 11.7 Å². The number of nitrogens with zero attached hydrogens (tertiary/aromatic N) is 1. The normalized spacial score (nSPS) is 24.2. The lowest BCUT2D eigenvalue weighted by atomic mass is 10.1. The summed E-state index contributed by atoms with van der Waals surface area (Å²) in [5.41, 5.74) is 5.49. The van der Waals surface area contributed by atoms with E-state index in [-0.39, 0.29) is 11.8 Å². The number of nitrogens with two attached hydrogens (primary N) is 1. The molecule has 1 fully saturated rings. The van der Waals surface area contributed by atoms with Gasteiger partial charge in [0.05, 0.1) is 11.9 Å². The van der Waals surface area contributed by atoms with Gasteiger partial charge in [0.15, 0.2) is 0 Å². The number of ether oxygens (including phenoxy) is 1. The average molecular weight is 227 g/mol. The van der Waals surface area contributed by atoms with E-state index in [0.717, 1.165) is 32.7 Å². The Kier molecular flexibility index (Phi) is 5.77. The lowest BCUT2D eigenvalue weighted by Gasteiger charge is -2.33. The van der Waals surface area contributed by atoms with Crippen molar-refractivity contribution in [2.45, 2.75) is 39.2 Å². The SMILES string of the molecule is CCCOC1CCCN(CC(C)C(=N)N)C1. The molecule has 1 aliphatic rings. The summed E-state index contributed by atoms with van der Waals surface area (Å²) in [6.45, 7) is 8.01. The van der Waals surface area contributed by atoms with Gasteiger partial charge >= 0.3 is 0 Å². The summed E-state index contributed by atoms with van der Waals surface area (Å²) < 4.78 is 5.78. The third-order valence-electron chi connectivity index (χ3n) is 3.08. The summed E-state index contributed by atoms with van der Waals surface area (Å²) in [5.74, 6) is 0.446. The van der Waals surface area contributed by atoms with Gasteiger partial charge in [-0.05, 0) is 25.8 Å². The Bertz CT molecular complexity index is 220. The number of amidine groups is 1. The Morgan fingerprint density at radius 1 is 1.62 bits per heavy atom. The van der Waals surface area contributed by atoms with Gasteiger partial charge in [-0.3, -0.25) is 5.41 Å². The molecule has 0 aromatic carbocycles. The van der Waals surface area contributed by atoms with Crippen LogP contribution in [0.1, 0.15) is 33.1 Å². The van der Waals surface area contributed by atoms with E-state index in [4.69, 9.17) is 15.9 Å². The van der Waals surface area contributed by atoms with E-state index < -0.39 is 0 Å². The Labute approximate surface area is 98.6 Å². The number of hydrogen-bond acceptors (Lipinski definition) is 3. The molecule has 2 atom stereocenters. The smallest absolute Gasteiger partial charge is 0.0947 e. The van der Waals surface area contributed by atoms with Crippen LogP contribution in [-0.4, -0.2) is 43.1 Å². The van der Waals surface area contributed by atoms with Crippen molar-refractivity contribution in [2.75, 3.05) is 26.2 Å². The van der Waals surface area contributed by atoms with E-state index in [1.807, 2.05) is 6.92 Å². The minimum absolute atomic E-state index is 0.157. The van der Waals surface area contributed by atoms with E-state index >= 15 is 0 Å². The Balaban J connectivity index is 2.29. The van der Waals surface area contributed by atoms with Crippen molar-refractivity contribution in [1.82, 2.24) is 4.90 Å². The molecule has 94 valence electrons. The van der Waals surface area contributed by atoms with E-state index in [2.05, 4.69) is 11.8 Å². The molecule has 0 amide bonds. The zero-order valence-corrected chi connectivity index (χ0v) is 10.5. The summed E-state index contributed by atoms with van der Waals surface area (Å²) >= 11 is 0. The predicted molar refractivity (Wildman–Crippen MR) is 66.8 cm³/mol. The van der Waals surface area contributed by atoms with Crippen LogP contribution in [0.5, 0.6) is 0 Å². The van der Waals surface area contributed by atoms with Gasteiger partial charge in [-0.15, -0.1) is 0 Å². The van der Waals surface area contributed by atoms with E-state index in [0.29, 0.717) is 6.10 Å². The third-order valence-corrected chi connectivity index (χ3v) is 3.08. The molecule has 2 unspecified atom stereocenters. The Hall–Kier alpha value is -0.610. The number of hydrogen-bond donors (Lipinski definition) is 2. The fourth-order valence-corrected chi connectivity index (χ4v) is 2.09. The zero-order chi connectivity index (χ0) is 12.0. The van der Waals surface area contributed by atoms with Gasteiger partial charge in [-0.25, -0.2) is 0 Å². The quantitative estimate of drug-likeness (QED) is 0.533. The molecular formula is C12H25N3O. The van der Waals surface area contributed by atoms with Crippen molar-refractivity contribution in [3.63, 3.8) is 0 Å². The Morgan fingerprint density at radius 2 is 2.38 bits per heavy atom. The highest BCUT2D eigenvalue weighted by Gasteiger charge is 2.21. The number of piperidine rings is 1. The molecule has 1 saturated heterocycles.